The first-order valence-electron chi connectivity index (χ1n) is 6.19. The Morgan fingerprint density at radius 2 is 2.17 bits per heavy atom. The molecule has 0 aliphatic carbocycles. The molecule has 1 amide bonds. The van der Waals surface area contributed by atoms with E-state index >= 15 is 0 Å². The van der Waals surface area contributed by atoms with Crippen molar-refractivity contribution in [2.45, 2.75) is 6.42 Å². The molecular formula is C13H19N3O2. The van der Waals surface area contributed by atoms with Crippen LogP contribution in [0.4, 0.5) is 0 Å². The third-order valence-corrected chi connectivity index (χ3v) is 3.20. The number of nitrogens with zero attached hydrogens (tertiary/aromatic N) is 3. The van der Waals surface area contributed by atoms with Crippen LogP contribution in [0.2, 0.25) is 0 Å². The smallest absolute Gasteiger partial charge is 0.259 e. The molecule has 0 bridgehead atoms. The molecule has 1 saturated heterocycles. The fraction of sp³-hybridized carbons (Fsp3) is 0.538. The Labute approximate surface area is 107 Å². The monoisotopic (exact) mass is 249 g/mol. The van der Waals surface area contributed by atoms with Gasteiger partial charge >= 0.3 is 0 Å². The lowest BCUT2D eigenvalue weighted by Crippen LogP contribution is -2.34. The van der Waals surface area contributed by atoms with Crippen molar-refractivity contribution in [3.63, 3.8) is 0 Å². The van der Waals surface area contributed by atoms with Gasteiger partial charge in [0.25, 0.3) is 5.91 Å². The predicted molar refractivity (Wildman–Crippen MR) is 68.8 cm³/mol. The number of ether oxygens (including phenoxy) is 1. The van der Waals surface area contributed by atoms with Crippen molar-refractivity contribution < 1.29 is 9.53 Å². The first-order valence-corrected chi connectivity index (χ1v) is 6.19. The van der Waals surface area contributed by atoms with Gasteiger partial charge in [0.1, 0.15) is 5.56 Å². The maximum atomic E-state index is 12.4. The summed E-state index contributed by atoms with van der Waals surface area (Å²) < 4.78 is 5.14. The third kappa shape index (κ3) is 2.79. The molecule has 0 radical (unpaired) electrons. The maximum Gasteiger partial charge on any atom is 0.259 e. The van der Waals surface area contributed by atoms with E-state index in [1.54, 1.807) is 18.3 Å². The van der Waals surface area contributed by atoms with Crippen LogP contribution >= 0.6 is 0 Å². The standard InChI is InChI=1S/C13H19N3O2/c1-15-7-4-8-16(10-9-15)13(17)11-5-3-6-14-12(11)18-2/h3,5-6H,4,7-10H2,1-2H3. The molecule has 0 N–H and O–H groups in total. The fourth-order valence-electron chi connectivity index (χ4n) is 2.14. The molecular weight excluding hydrogens is 230 g/mol. The Bertz CT molecular complexity index is 422. The number of pyridine rings is 1. The molecule has 0 unspecified atom stereocenters. The highest BCUT2D eigenvalue weighted by molar-refractivity contribution is 5.96. The Morgan fingerprint density at radius 1 is 1.33 bits per heavy atom. The average molecular weight is 249 g/mol. The topological polar surface area (TPSA) is 45.7 Å². The zero-order valence-electron chi connectivity index (χ0n) is 10.9. The van der Waals surface area contributed by atoms with Gasteiger partial charge in [-0.3, -0.25) is 4.79 Å². The second-order valence-corrected chi connectivity index (χ2v) is 4.51. The van der Waals surface area contributed by atoms with Crippen LogP contribution in [-0.2, 0) is 0 Å². The molecule has 0 saturated carbocycles. The Kier molecular flexibility index (Phi) is 4.15. The van der Waals surface area contributed by atoms with Gasteiger partial charge in [0.15, 0.2) is 0 Å². The Balaban J connectivity index is 2.15. The Hall–Kier alpha value is -1.62. The van der Waals surface area contributed by atoms with Crippen LogP contribution in [0.25, 0.3) is 0 Å². The van der Waals surface area contributed by atoms with Crippen molar-refractivity contribution in [1.29, 1.82) is 0 Å². The second kappa shape index (κ2) is 5.82. The largest absolute Gasteiger partial charge is 0.480 e. The van der Waals surface area contributed by atoms with E-state index in [0.29, 0.717) is 11.4 Å². The summed E-state index contributed by atoms with van der Waals surface area (Å²) in [6, 6.07) is 3.53. The van der Waals surface area contributed by atoms with Gasteiger partial charge < -0.3 is 14.5 Å². The van der Waals surface area contributed by atoms with Gasteiger partial charge in [0.2, 0.25) is 5.88 Å². The van der Waals surface area contributed by atoms with Crippen molar-refractivity contribution in [2.24, 2.45) is 0 Å². The van der Waals surface area contributed by atoms with Crippen LogP contribution in [0.3, 0.4) is 0 Å². The first kappa shape index (κ1) is 12.8. The van der Waals surface area contributed by atoms with E-state index in [9.17, 15) is 4.79 Å². The highest BCUT2D eigenvalue weighted by Crippen LogP contribution is 2.17. The van der Waals surface area contributed by atoms with Crippen molar-refractivity contribution in [2.75, 3.05) is 40.3 Å². The minimum Gasteiger partial charge on any atom is -0.480 e. The number of methoxy groups -OCH3 is 1. The van der Waals surface area contributed by atoms with Crippen LogP contribution in [0.5, 0.6) is 5.88 Å². The molecule has 1 aliphatic heterocycles. The summed E-state index contributed by atoms with van der Waals surface area (Å²) in [5, 5.41) is 0. The number of carbonyl (C=O) groups is 1. The van der Waals surface area contributed by atoms with Crippen molar-refractivity contribution >= 4 is 5.91 Å². The van der Waals surface area contributed by atoms with Crippen LogP contribution in [-0.4, -0.2) is 61.0 Å². The number of carbonyl (C=O) groups excluding carboxylic acids is 1. The van der Waals surface area contributed by atoms with E-state index in [2.05, 4.69) is 16.9 Å². The van der Waals surface area contributed by atoms with E-state index < -0.39 is 0 Å². The third-order valence-electron chi connectivity index (χ3n) is 3.20. The van der Waals surface area contributed by atoms with Gasteiger partial charge in [-0.2, -0.15) is 0 Å². The molecule has 2 heterocycles. The molecule has 1 aromatic heterocycles. The minimum absolute atomic E-state index is 0.00949. The molecule has 1 aromatic rings. The number of hydrogen-bond acceptors (Lipinski definition) is 4. The van der Waals surface area contributed by atoms with Crippen molar-refractivity contribution in [1.82, 2.24) is 14.8 Å². The molecule has 5 heteroatoms. The summed E-state index contributed by atoms with van der Waals surface area (Å²) in [6.45, 7) is 3.50. The molecule has 98 valence electrons. The highest BCUT2D eigenvalue weighted by atomic mass is 16.5. The van der Waals surface area contributed by atoms with Crippen LogP contribution in [0.15, 0.2) is 18.3 Å². The van der Waals surface area contributed by atoms with E-state index in [1.165, 1.54) is 7.11 Å². The second-order valence-electron chi connectivity index (χ2n) is 4.51. The Morgan fingerprint density at radius 3 is 2.94 bits per heavy atom. The summed E-state index contributed by atoms with van der Waals surface area (Å²) >= 11 is 0. The lowest BCUT2D eigenvalue weighted by molar-refractivity contribution is 0.0758. The summed E-state index contributed by atoms with van der Waals surface area (Å²) in [5.41, 5.74) is 0.546. The zero-order chi connectivity index (χ0) is 13.0. The fourth-order valence-corrected chi connectivity index (χ4v) is 2.14. The van der Waals surface area contributed by atoms with Crippen LogP contribution in [0.1, 0.15) is 16.8 Å². The molecule has 0 aromatic carbocycles. The summed E-state index contributed by atoms with van der Waals surface area (Å²) in [6.07, 6.45) is 2.64. The van der Waals surface area contributed by atoms with Crippen molar-refractivity contribution in [3.05, 3.63) is 23.9 Å². The van der Waals surface area contributed by atoms with Crippen LogP contribution < -0.4 is 4.74 Å². The van der Waals surface area contributed by atoms with E-state index in [0.717, 1.165) is 32.6 Å². The van der Waals surface area contributed by atoms with E-state index in [-0.39, 0.29) is 5.91 Å². The highest BCUT2D eigenvalue weighted by Gasteiger charge is 2.21. The number of aromatic nitrogens is 1. The van der Waals surface area contributed by atoms with Gasteiger partial charge in [-0.25, -0.2) is 4.98 Å². The van der Waals surface area contributed by atoms with E-state index in [4.69, 9.17) is 4.74 Å². The summed E-state index contributed by atoms with van der Waals surface area (Å²) in [4.78, 5) is 20.6. The van der Waals surface area contributed by atoms with Gasteiger partial charge in [0.05, 0.1) is 7.11 Å². The van der Waals surface area contributed by atoms with Gasteiger partial charge in [0, 0.05) is 25.8 Å². The quantitative estimate of drug-likeness (QED) is 0.780. The zero-order valence-corrected chi connectivity index (χ0v) is 10.9. The maximum absolute atomic E-state index is 12.4. The number of hydrogen-bond donors (Lipinski definition) is 0. The SMILES string of the molecule is COc1ncccc1C(=O)N1CCCN(C)CC1. The molecule has 1 aliphatic rings. The lowest BCUT2D eigenvalue weighted by atomic mass is 10.2. The molecule has 1 fully saturated rings. The van der Waals surface area contributed by atoms with Gasteiger partial charge in [-0.15, -0.1) is 0 Å². The summed E-state index contributed by atoms with van der Waals surface area (Å²) in [5.74, 6) is 0.412. The number of likely N-dealkylation sites (N-methyl/N-ethyl adjacent to an activating group) is 1. The average Bonchev–Trinajstić information content (AvgIpc) is 2.62. The molecule has 5 nitrogen and oxygen atoms in total. The molecule has 2 rings (SSSR count). The molecule has 0 spiro atoms. The minimum atomic E-state index is 0.00949. The lowest BCUT2D eigenvalue weighted by Gasteiger charge is -2.21. The first-order chi connectivity index (χ1) is 8.72. The molecule has 0 atom stereocenters. The van der Waals surface area contributed by atoms with Crippen molar-refractivity contribution in [3.8, 4) is 5.88 Å². The summed E-state index contributed by atoms with van der Waals surface area (Å²) in [7, 11) is 3.62. The number of amides is 1. The predicted octanol–water partition coefficient (Wildman–Crippen LogP) is 0.868. The van der Waals surface area contributed by atoms with Gasteiger partial charge in [-0.05, 0) is 32.1 Å². The van der Waals surface area contributed by atoms with Crippen LogP contribution in [0, 0.1) is 0 Å². The van der Waals surface area contributed by atoms with Gasteiger partial charge in [-0.1, -0.05) is 0 Å². The number of rotatable bonds is 2. The normalized spacial score (nSPS) is 17.3. The molecule has 18 heavy (non-hydrogen) atoms. The van der Waals surface area contributed by atoms with E-state index in [1.807, 2.05) is 4.90 Å².